The van der Waals surface area contributed by atoms with Crippen LogP contribution in [0.1, 0.15) is 31.3 Å². The summed E-state index contributed by atoms with van der Waals surface area (Å²) in [6.45, 7) is 1.21. The predicted molar refractivity (Wildman–Crippen MR) is 121 cm³/mol. The molecule has 0 spiro atoms. The van der Waals surface area contributed by atoms with E-state index < -0.39 is 0 Å². The molecule has 0 unspecified atom stereocenters. The Hall–Kier alpha value is -4.05. The van der Waals surface area contributed by atoms with Gasteiger partial charge < -0.3 is 9.47 Å². The molecule has 9 nitrogen and oxygen atoms in total. The molecule has 0 aliphatic carbocycles. The molecule has 0 bridgehead atoms. The van der Waals surface area contributed by atoms with E-state index in [1.807, 2.05) is 6.07 Å². The minimum absolute atomic E-state index is 0.193. The summed E-state index contributed by atoms with van der Waals surface area (Å²) in [5, 5.41) is 11.6. The molecule has 2 aliphatic heterocycles. The maximum Gasteiger partial charge on any atom is 0.261 e. The highest BCUT2D eigenvalue weighted by atomic mass is 32.1. The van der Waals surface area contributed by atoms with E-state index in [0.717, 1.165) is 5.56 Å². The zero-order valence-corrected chi connectivity index (χ0v) is 18.1. The van der Waals surface area contributed by atoms with Gasteiger partial charge in [-0.25, -0.2) is 0 Å². The molecule has 0 radical (unpaired) electrons. The Labute approximate surface area is 192 Å². The summed E-state index contributed by atoms with van der Waals surface area (Å²) in [6.07, 6.45) is 3.41. The van der Waals surface area contributed by atoms with E-state index in [1.165, 1.54) is 22.3 Å². The molecule has 0 saturated heterocycles. The third-order valence-electron chi connectivity index (χ3n) is 5.12. The van der Waals surface area contributed by atoms with Crippen molar-refractivity contribution in [1.82, 2.24) is 15.1 Å². The number of amides is 3. The summed E-state index contributed by atoms with van der Waals surface area (Å²) in [4.78, 5) is 38.3. The highest BCUT2D eigenvalue weighted by Crippen LogP contribution is 2.31. The number of nitrogens with one attached hydrogen (secondary N) is 1. The number of carbonyl (C=O) groups is 3. The standard InChI is InChI=1S/C23H18N4O5S/c28-19(8-6-14-5-7-17-18(13-14)32-12-11-31-17)24-23-26-25-20(33-23)9-10-27-21(29)15-3-1-2-4-16(15)22(27)30/h1-8,13H,9-12H2,(H,24,26,28)/b8-6-. The number of rotatable bonds is 6. The first-order chi connectivity index (χ1) is 16.1. The Balaban J connectivity index is 1.16. The van der Waals surface area contributed by atoms with Crippen LogP contribution < -0.4 is 14.8 Å². The zero-order valence-electron chi connectivity index (χ0n) is 17.3. The van der Waals surface area contributed by atoms with Gasteiger partial charge in [-0.3, -0.25) is 24.6 Å². The number of imide groups is 1. The van der Waals surface area contributed by atoms with Gasteiger partial charge in [0.1, 0.15) is 18.2 Å². The van der Waals surface area contributed by atoms with Crippen molar-refractivity contribution in [2.24, 2.45) is 0 Å². The third kappa shape index (κ3) is 4.33. The minimum atomic E-state index is -0.354. The van der Waals surface area contributed by atoms with Crippen molar-refractivity contribution < 1.29 is 23.9 Å². The lowest BCUT2D eigenvalue weighted by molar-refractivity contribution is -0.111. The largest absolute Gasteiger partial charge is 0.486 e. The molecule has 0 atom stereocenters. The first-order valence-corrected chi connectivity index (χ1v) is 11.1. The molecule has 3 aromatic rings. The van der Waals surface area contributed by atoms with Crippen LogP contribution in [-0.2, 0) is 11.2 Å². The van der Waals surface area contributed by atoms with Gasteiger partial charge in [-0.2, -0.15) is 0 Å². The quantitative estimate of drug-likeness (QED) is 0.443. The van der Waals surface area contributed by atoms with Gasteiger partial charge in [0, 0.05) is 19.0 Å². The van der Waals surface area contributed by atoms with E-state index in [1.54, 1.807) is 42.5 Å². The van der Waals surface area contributed by atoms with Crippen LogP contribution >= 0.6 is 11.3 Å². The summed E-state index contributed by atoms with van der Waals surface area (Å²) < 4.78 is 11.0. The number of nitrogens with zero attached hydrogens (tertiary/aromatic N) is 3. The van der Waals surface area contributed by atoms with Gasteiger partial charge in [0.15, 0.2) is 11.5 Å². The van der Waals surface area contributed by atoms with Gasteiger partial charge in [-0.15, -0.1) is 10.2 Å². The maximum atomic E-state index is 12.4. The molecule has 33 heavy (non-hydrogen) atoms. The lowest BCUT2D eigenvalue weighted by Crippen LogP contribution is -2.31. The molecule has 2 aromatic carbocycles. The number of aromatic nitrogens is 2. The molecule has 2 aliphatic rings. The topological polar surface area (TPSA) is 111 Å². The molecular weight excluding hydrogens is 444 g/mol. The summed E-state index contributed by atoms with van der Waals surface area (Å²) >= 11 is 1.20. The van der Waals surface area contributed by atoms with E-state index in [0.29, 0.717) is 52.4 Å². The fourth-order valence-corrected chi connectivity index (χ4v) is 4.27. The Morgan fingerprint density at radius 3 is 2.52 bits per heavy atom. The zero-order chi connectivity index (χ0) is 22.8. The van der Waals surface area contributed by atoms with Crippen LogP contribution in [0.15, 0.2) is 48.5 Å². The van der Waals surface area contributed by atoms with E-state index in [2.05, 4.69) is 15.5 Å². The number of benzene rings is 2. The third-order valence-corrected chi connectivity index (χ3v) is 6.02. The molecule has 1 N–H and O–H groups in total. The number of hydrogen-bond acceptors (Lipinski definition) is 8. The first kappa shape index (κ1) is 20.8. The van der Waals surface area contributed by atoms with Crippen molar-refractivity contribution >= 4 is 40.3 Å². The highest BCUT2D eigenvalue weighted by molar-refractivity contribution is 7.15. The first-order valence-electron chi connectivity index (χ1n) is 10.2. The Bertz CT molecular complexity index is 1250. The van der Waals surface area contributed by atoms with E-state index in [4.69, 9.17) is 9.47 Å². The number of fused-ring (bicyclic) bond motifs is 2. The Morgan fingerprint density at radius 2 is 1.76 bits per heavy atom. The number of hydrogen-bond donors (Lipinski definition) is 1. The minimum Gasteiger partial charge on any atom is -0.486 e. The molecule has 1 aromatic heterocycles. The van der Waals surface area contributed by atoms with Gasteiger partial charge >= 0.3 is 0 Å². The van der Waals surface area contributed by atoms with Crippen LogP contribution in [0.25, 0.3) is 6.08 Å². The van der Waals surface area contributed by atoms with Crippen LogP contribution in [-0.4, -0.2) is 52.6 Å². The van der Waals surface area contributed by atoms with Crippen molar-refractivity contribution in [2.75, 3.05) is 25.1 Å². The fourth-order valence-electron chi connectivity index (χ4n) is 3.54. The molecular formula is C23H18N4O5S. The highest BCUT2D eigenvalue weighted by Gasteiger charge is 2.34. The van der Waals surface area contributed by atoms with Gasteiger partial charge in [-0.05, 0) is 35.9 Å². The molecule has 0 saturated carbocycles. The summed E-state index contributed by atoms with van der Waals surface area (Å²) in [5.41, 5.74) is 1.63. The number of anilines is 1. The van der Waals surface area contributed by atoms with Gasteiger partial charge in [0.05, 0.1) is 11.1 Å². The lowest BCUT2D eigenvalue weighted by Gasteiger charge is -2.18. The fraction of sp³-hybridized carbons (Fsp3) is 0.174. The summed E-state index contributed by atoms with van der Waals surface area (Å²) in [5.74, 6) is 0.366. The van der Waals surface area contributed by atoms with E-state index in [-0.39, 0.29) is 24.3 Å². The van der Waals surface area contributed by atoms with Crippen LogP contribution in [0.4, 0.5) is 5.13 Å². The second kappa shape index (κ2) is 8.83. The van der Waals surface area contributed by atoms with Crippen LogP contribution in [0, 0.1) is 0 Å². The number of ether oxygens (including phenoxy) is 2. The molecule has 3 heterocycles. The van der Waals surface area contributed by atoms with Crippen molar-refractivity contribution in [2.45, 2.75) is 6.42 Å². The molecule has 166 valence electrons. The smallest absolute Gasteiger partial charge is 0.261 e. The summed E-state index contributed by atoms with van der Waals surface area (Å²) in [6, 6.07) is 12.2. The van der Waals surface area contributed by atoms with Gasteiger partial charge in [0.2, 0.25) is 11.0 Å². The second-order valence-corrected chi connectivity index (χ2v) is 8.35. The molecule has 0 fully saturated rings. The lowest BCUT2D eigenvalue weighted by atomic mass is 10.1. The molecule has 5 rings (SSSR count). The van der Waals surface area contributed by atoms with Gasteiger partial charge in [-0.1, -0.05) is 29.5 Å². The summed E-state index contributed by atoms with van der Waals surface area (Å²) in [7, 11) is 0. The van der Waals surface area contributed by atoms with Crippen molar-refractivity contribution in [3.8, 4) is 11.5 Å². The van der Waals surface area contributed by atoms with Crippen molar-refractivity contribution in [3.05, 3.63) is 70.2 Å². The van der Waals surface area contributed by atoms with Crippen molar-refractivity contribution in [1.29, 1.82) is 0 Å². The van der Waals surface area contributed by atoms with Crippen LogP contribution in [0.2, 0.25) is 0 Å². The van der Waals surface area contributed by atoms with Crippen molar-refractivity contribution in [3.63, 3.8) is 0 Å². The Kier molecular flexibility index (Phi) is 5.57. The van der Waals surface area contributed by atoms with E-state index >= 15 is 0 Å². The maximum absolute atomic E-state index is 12.4. The second-order valence-electron chi connectivity index (χ2n) is 7.28. The molecule has 10 heteroatoms. The van der Waals surface area contributed by atoms with Crippen LogP contribution in [0.5, 0.6) is 11.5 Å². The molecule has 3 amide bonds. The van der Waals surface area contributed by atoms with E-state index in [9.17, 15) is 14.4 Å². The van der Waals surface area contributed by atoms with Crippen LogP contribution in [0.3, 0.4) is 0 Å². The average molecular weight is 462 g/mol. The average Bonchev–Trinajstić information content (AvgIpc) is 3.38. The SMILES string of the molecule is O=C(/C=C\c1ccc2c(c1)OCCO2)Nc1nnc(CCN2C(=O)c3ccccc3C2=O)s1. The Morgan fingerprint density at radius 1 is 1.03 bits per heavy atom. The number of carbonyl (C=O) groups excluding carboxylic acids is 3. The van der Waals surface area contributed by atoms with Gasteiger partial charge in [0.25, 0.3) is 11.8 Å². The predicted octanol–water partition coefficient (Wildman–Crippen LogP) is 2.80. The normalized spacial score (nSPS) is 14.6. The monoisotopic (exact) mass is 462 g/mol.